The lowest BCUT2D eigenvalue weighted by atomic mass is 10.00. The van der Waals surface area contributed by atoms with Gasteiger partial charge in [-0.05, 0) is 19.1 Å². The minimum absolute atomic E-state index is 0.0400. The predicted octanol–water partition coefficient (Wildman–Crippen LogP) is 3.00. The van der Waals surface area contributed by atoms with E-state index in [1.807, 2.05) is 0 Å². The largest absolute Gasteiger partial charge is 0.462 e. The molecular weight excluding hydrogens is 286 g/mol. The number of benzene rings is 2. The van der Waals surface area contributed by atoms with Crippen molar-refractivity contribution in [3.8, 4) is 0 Å². The highest BCUT2D eigenvalue weighted by Crippen LogP contribution is 2.23. The minimum Gasteiger partial charge on any atom is -0.462 e. The van der Waals surface area contributed by atoms with Gasteiger partial charge in [-0.2, -0.15) is 0 Å². The second-order valence-corrected chi connectivity index (χ2v) is 4.40. The molecule has 0 aliphatic carbocycles. The monoisotopic (exact) mass is 299 g/mol. The van der Waals surface area contributed by atoms with Gasteiger partial charge in [0.05, 0.1) is 17.1 Å². The first-order valence-corrected chi connectivity index (χ1v) is 6.60. The Morgan fingerprint density at radius 1 is 1.09 bits per heavy atom. The Labute approximate surface area is 126 Å². The maximum Gasteiger partial charge on any atom is 0.338 e. The second-order valence-electron chi connectivity index (χ2n) is 4.40. The number of ketones is 1. The number of ether oxygens (including phenoxy) is 1. The summed E-state index contributed by atoms with van der Waals surface area (Å²) in [6.07, 6.45) is 0. The highest BCUT2D eigenvalue weighted by atomic mass is 16.6. The molecule has 0 spiro atoms. The van der Waals surface area contributed by atoms with Gasteiger partial charge in [-0.3, -0.25) is 14.9 Å². The van der Waals surface area contributed by atoms with Gasteiger partial charge in [0.2, 0.25) is 0 Å². The average Bonchev–Trinajstić information content (AvgIpc) is 2.54. The number of nitrogens with zero attached hydrogens (tertiary/aromatic N) is 1. The van der Waals surface area contributed by atoms with Gasteiger partial charge < -0.3 is 4.74 Å². The van der Waals surface area contributed by atoms with Crippen LogP contribution in [-0.2, 0) is 4.74 Å². The fourth-order valence-electron chi connectivity index (χ4n) is 1.96. The number of hydrogen-bond donors (Lipinski definition) is 0. The van der Waals surface area contributed by atoms with Crippen molar-refractivity contribution in [1.29, 1.82) is 0 Å². The zero-order valence-electron chi connectivity index (χ0n) is 11.8. The van der Waals surface area contributed by atoms with E-state index in [0.717, 1.165) is 6.07 Å². The van der Waals surface area contributed by atoms with Crippen molar-refractivity contribution in [2.75, 3.05) is 6.61 Å². The Morgan fingerprint density at radius 3 is 2.36 bits per heavy atom. The van der Waals surface area contributed by atoms with Crippen LogP contribution in [0.25, 0.3) is 0 Å². The van der Waals surface area contributed by atoms with Crippen LogP contribution in [0.5, 0.6) is 0 Å². The van der Waals surface area contributed by atoms with E-state index in [4.69, 9.17) is 4.74 Å². The number of carbonyl (C=O) groups excluding carboxylic acids is 2. The van der Waals surface area contributed by atoms with E-state index >= 15 is 0 Å². The lowest BCUT2D eigenvalue weighted by Crippen LogP contribution is -2.09. The summed E-state index contributed by atoms with van der Waals surface area (Å²) in [4.78, 5) is 34.5. The maximum atomic E-state index is 12.4. The number of carbonyl (C=O) groups is 2. The first-order valence-electron chi connectivity index (χ1n) is 6.60. The molecule has 0 N–H and O–H groups in total. The first-order chi connectivity index (χ1) is 10.5. The van der Waals surface area contributed by atoms with E-state index in [-0.39, 0.29) is 17.7 Å². The number of esters is 1. The van der Waals surface area contributed by atoms with Gasteiger partial charge in [0.15, 0.2) is 5.78 Å². The van der Waals surface area contributed by atoms with Gasteiger partial charge in [0, 0.05) is 11.6 Å². The molecule has 0 unspecified atom stereocenters. The number of hydrogen-bond acceptors (Lipinski definition) is 5. The third-order valence-electron chi connectivity index (χ3n) is 2.99. The normalized spacial score (nSPS) is 10.0. The molecular formula is C16H13NO5. The highest BCUT2D eigenvalue weighted by molar-refractivity contribution is 6.12. The van der Waals surface area contributed by atoms with Crippen LogP contribution in [0.1, 0.15) is 33.2 Å². The zero-order valence-corrected chi connectivity index (χ0v) is 11.8. The van der Waals surface area contributed by atoms with E-state index in [1.165, 1.54) is 12.1 Å². The molecule has 2 aromatic carbocycles. The summed E-state index contributed by atoms with van der Waals surface area (Å²) < 4.78 is 4.80. The van der Waals surface area contributed by atoms with Crippen LogP contribution in [0.3, 0.4) is 0 Å². The van der Waals surface area contributed by atoms with Crippen LogP contribution >= 0.6 is 0 Å². The first kappa shape index (κ1) is 15.4. The number of rotatable bonds is 5. The van der Waals surface area contributed by atoms with Crippen molar-refractivity contribution in [3.05, 3.63) is 75.3 Å². The van der Waals surface area contributed by atoms with Crippen LogP contribution in [0.4, 0.5) is 5.69 Å². The molecule has 0 radical (unpaired) electrons. The number of nitro benzene ring substituents is 1. The Kier molecular flexibility index (Phi) is 4.63. The molecule has 2 rings (SSSR count). The molecule has 2 aromatic rings. The second kappa shape index (κ2) is 6.62. The van der Waals surface area contributed by atoms with Gasteiger partial charge in [0.25, 0.3) is 5.69 Å². The fourth-order valence-corrected chi connectivity index (χ4v) is 1.96. The SMILES string of the molecule is CCOC(=O)c1ccc(C(=O)c2ccccc2)c([N+](=O)[O-])c1. The molecule has 6 nitrogen and oxygen atoms in total. The smallest absolute Gasteiger partial charge is 0.338 e. The van der Waals surface area contributed by atoms with Crippen LogP contribution < -0.4 is 0 Å². The summed E-state index contributed by atoms with van der Waals surface area (Å²) >= 11 is 0. The molecule has 0 aliphatic heterocycles. The molecule has 0 fully saturated rings. The number of nitro groups is 1. The molecule has 0 aliphatic rings. The molecule has 6 heteroatoms. The standard InChI is InChI=1S/C16H13NO5/c1-2-22-16(19)12-8-9-13(14(10-12)17(20)21)15(18)11-6-4-3-5-7-11/h3-10H,2H2,1H3. The third kappa shape index (κ3) is 3.17. The van der Waals surface area contributed by atoms with Crippen molar-refractivity contribution in [2.45, 2.75) is 6.92 Å². The van der Waals surface area contributed by atoms with Gasteiger partial charge in [-0.1, -0.05) is 30.3 Å². The van der Waals surface area contributed by atoms with Crippen molar-refractivity contribution in [1.82, 2.24) is 0 Å². The average molecular weight is 299 g/mol. The lowest BCUT2D eigenvalue weighted by molar-refractivity contribution is -0.385. The van der Waals surface area contributed by atoms with Gasteiger partial charge >= 0.3 is 5.97 Å². The van der Waals surface area contributed by atoms with Crippen LogP contribution in [0, 0.1) is 10.1 Å². The van der Waals surface area contributed by atoms with E-state index in [9.17, 15) is 19.7 Å². The van der Waals surface area contributed by atoms with E-state index in [2.05, 4.69) is 0 Å². The Balaban J connectivity index is 2.46. The predicted molar refractivity (Wildman–Crippen MR) is 78.9 cm³/mol. The topological polar surface area (TPSA) is 86.5 Å². The Bertz CT molecular complexity index is 725. The van der Waals surface area contributed by atoms with Gasteiger partial charge in [0.1, 0.15) is 5.56 Å². The van der Waals surface area contributed by atoms with Crippen LogP contribution in [0.2, 0.25) is 0 Å². The lowest BCUT2D eigenvalue weighted by Gasteiger charge is -2.05. The van der Waals surface area contributed by atoms with Crippen molar-refractivity contribution in [2.24, 2.45) is 0 Å². The van der Waals surface area contributed by atoms with E-state index < -0.39 is 22.4 Å². The van der Waals surface area contributed by atoms with E-state index in [0.29, 0.717) is 5.56 Å². The highest BCUT2D eigenvalue weighted by Gasteiger charge is 2.23. The van der Waals surface area contributed by atoms with Gasteiger partial charge in [-0.25, -0.2) is 4.79 Å². The molecule has 0 saturated heterocycles. The molecule has 0 aromatic heterocycles. The summed E-state index contributed by atoms with van der Waals surface area (Å²) in [7, 11) is 0. The third-order valence-corrected chi connectivity index (χ3v) is 2.99. The summed E-state index contributed by atoms with van der Waals surface area (Å²) in [5, 5.41) is 11.2. The minimum atomic E-state index is -0.682. The molecule has 112 valence electrons. The summed E-state index contributed by atoms with van der Waals surface area (Å²) in [6, 6.07) is 11.9. The molecule has 0 saturated carbocycles. The Morgan fingerprint density at radius 2 is 1.77 bits per heavy atom. The molecule has 22 heavy (non-hydrogen) atoms. The van der Waals surface area contributed by atoms with Crippen molar-refractivity contribution in [3.63, 3.8) is 0 Å². The Hall–Kier alpha value is -3.02. The molecule has 0 bridgehead atoms. The maximum absolute atomic E-state index is 12.4. The fraction of sp³-hybridized carbons (Fsp3) is 0.125. The van der Waals surface area contributed by atoms with E-state index in [1.54, 1.807) is 37.3 Å². The molecule has 0 amide bonds. The summed E-state index contributed by atoms with van der Waals surface area (Å²) in [5.74, 6) is -1.13. The van der Waals surface area contributed by atoms with Crippen molar-refractivity contribution >= 4 is 17.4 Å². The molecule has 0 atom stereocenters. The van der Waals surface area contributed by atoms with Crippen molar-refractivity contribution < 1.29 is 19.2 Å². The van der Waals surface area contributed by atoms with Crippen LogP contribution in [0.15, 0.2) is 48.5 Å². The molecule has 0 heterocycles. The quantitative estimate of drug-likeness (QED) is 0.366. The van der Waals surface area contributed by atoms with Crippen LogP contribution in [-0.4, -0.2) is 23.3 Å². The summed E-state index contributed by atoms with van der Waals surface area (Å²) in [6.45, 7) is 1.80. The summed E-state index contributed by atoms with van der Waals surface area (Å²) in [5.41, 5.74) is -0.101. The van der Waals surface area contributed by atoms with Gasteiger partial charge in [-0.15, -0.1) is 0 Å². The zero-order chi connectivity index (χ0) is 16.1.